The molecule has 200 valence electrons. The summed E-state index contributed by atoms with van der Waals surface area (Å²) in [6.07, 6.45) is 5.76. The smallest absolute Gasteiger partial charge is 0.208 e. The zero-order valence-electron chi connectivity index (χ0n) is 22.0. The van der Waals surface area contributed by atoms with Crippen LogP contribution in [-0.4, -0.2) is 25.5 Å². The average molecular weight is 539 g/mol. The van der Waals surface area contributed by atoms with E-state index < -0.39 is 28.7 Å². The van der Waals surface area contributed by atoms with Crippen LogP contribution in [0.3, 0.4) is 0 Å². The number of aromatic hydroxyl groups is 5. The van der Waals surface area contributed by atoms with Gasteiger partial charge in [0.25, 0.3) is 0 Å². The maximum atomic E-state index is 10.9. The first-order valence-corrected chi connectivity index (χ1v) is 13.5. The lowest BCUT2D eigenvalue weighted by Crippen LogP contribution is -2.31. The summed E-state index contributed by atoms with van der Waals surface area (Å²) in [5.41, 5.74) is 4.72. The van der Waals surface area contributed by atoms with Gasteiger partial charge in [-0.2, -0.15) is 0 Å². The third-order valence-electron chi connectivity index (χ3n) is 8.02. The van der Waals surface area contributed by atoms with E-state index in [2.05, 4.69) is 54.6 Å². The summed E-state index contributed by atoms with van der Waals surface area (Å²) in [5.74, 6) is -4.14. The van der Waals surface area contributed by atoms with E-state index in [1.165, 1.54) is 0 Å². The van der Waals surface area contributed by atoms with Gasteiger partial charge >= 0.3 is 0 Å². The second kappa shape index (κ2) is 9.35. The summed E-state index contributed by atoms with van der Waals surface area (Å²) in [5, 5.41) is 58.1. The van der Waals surface area contributed by atoms with Gasteiger partial charge in [-0.25, -0.2) is 0 Å². The molecule has 0 aromatic heterocycles. The van der Waals surface area contributed by atoms with Crippen molar-refractivity contribution in [3.8, 4) is 62.1 Å². The van der Waals surface area contributed by atoms with Crippen molar-refractivity contribution in [2.24, 2.45) is 0 Å². The first kappa shape index (κ1) is 24.6. The van der Waals surface area contributed by atoms with E-state index in [1.54, 1.807) is 0 Å². The molecule has 41 heavy (non-hydrogen) atoms. The van der Waals surface area contributed by atoms with Crippen LogP contribution in [0.2, 0.25) is 0 Å². The minimum Gasteiger partial charge on any atom is -0.504 e. The van der Waals surface area contributed by atoms with Gasteiger partial charge in [0.15, 0.2) is 11.5 Å². The number of rotatable bonds is 3. The Morgan fingerprint density at radius 2 is 0.878 bits per heavy atom. The highest BCUT2D eigenvalue weighted by Gasteiger charge is 2.27. The summed E-state index contributed by atoms with van der Waals surface area (Å²) in [6.45, 7) is 0. The lowest BCUT2D eigenvalue weighted by atomic mass is 9.85. The Hall–Kier alpha value is -5.42. The summed E-state index contributed by atoms with van der Waals surface area (Å²) >= 11 is 0. The highest BCUT2D eigenvalue weighted by atomic mass is 16.4. The molecular weight excluding hydrogens is 512 g/mol. The van der Waals surface area contributed by atoms with Gasteiger partial charge in [-0.05, 0) is 79.2 Å². The molecule has 7 rings (SSSR count). The van der Waals surface area contributed by atoms with Crippen LogP contribution in [0.4, 0.5) is 0 Å². The van der Waals surface area contributed by atoms with Crippen LogP contribution >= 0.6 is 0 Å². The molecule has 0 saturated heterocycles. The molecule has 0 heterocycles. The first-order valence-electron chi connectivity index (χ1n) is 13.5. The fraction of sp³-hybridized carbons (Fsp3) is 0.0556. The molecule has 5 nitrogen and oxygen atoms in total. The normalized spacial score (nSPS) is 12.6. The van der Waals surface area contributed by atoms with Crippen molar-refractivity contribution in [1.82, 2.24) is 0 Å². The average Bonchev–Trinajstić information content (AvgIpc) is 3.02. The van der Waals surface area contributed by atoms with E-state index in [1.807, 2.05) is 48.5 Å². The third-order valence-corrected chi connectivity index (χ3v) is 8.02. The SMILES string of the molecule is Oc1c(O)c(O)c(-c2c3c(c(-c4ccc5cc(-c6ccccc6)ccc5c4)c4ccccc24)=CCCC=3)c(O)c1O. The molecule has 0 fully saturated rings. The molecule has 0 atom stereocenters. The molecule has 5 heteroatoms. The van der Waals surface area contributed by atoms with Gasteiger partial charge in [0.05, 0.1) is 5.56 Å². The Kier molecular flexibility index (Phi) is 5.61. The van der Waals surface area contributed by atoms with Crippen LogP contribution in [0.5, 0.6) is 28.7 Å². The standard InChI is InChI=1S/C36H26O5/c37-32-31(33(38)35(40)36(41)34(32)39)30-27-12-6-4-10-25(27)29(26-11-5-7-13-28(26)30)24-17-16-22-18-21(14-15-23(22)19-24)20-8-2-1-3-9-20/h1-4,6,8-19,37-41H,5,7H2. The zero-order chi connectivity index (χ0) is 28.2. The van der Waals surface area contributed by atoms with Gasteiger partial charge in [-0.15, -0.1) is 0 Å². The van der Waals surface area contributed by atoms with E-state index in [-0.39, 0.29) is 5.56 Å². The van der Waals surface area contributed by atoms with Crippen LogP contribution in [0.1, 0.15) is 12.8 Å². The van der Waals surface area contributed by atoms with Gasteiger partial charge in [-0.3, -0.25) is 0 Å². The maximum absolute atomic E-state index is 10.9. The predicted molar refractivity (Wildman–Crippen MR) is 163 cm³/mol. The minimum atomic E-state index is -0.972. The largest absolute Gasteiger partial charge is 0.504 e. The molecule has 0 saturated carbocycles. The molecule has 0 unspecified atom stereocenters. The molecule has 0 amide bonds. The van der Waals surface area contributed by atoms with Crippen LogP contribution in [-0.2, 0) is 0 Å². The van der Waals surface area contributed by atoms with E-state index in [9.17, 15) is 25.5 Å². The minimum absolute atomic E-state index is 0.129. The number of hydrogen-bond donors (Lipinski definition) is 5. The van der Waals surface area contributed by atoms with E-state index in [0.29, 0.717) is 5.56 Å². The summed E-state index contributed by atoms with van der Waals surface area (Å²) in [6, 6.07) is 30.9. The van der Waals surface area contributed by atoms with Gasteiger partial charge in [0.2, 0.25) is 17.2 Å². The van der Waals surface area contributed by atoms with Crippen molar-refractivity contribution in [2.75, 3.05) is 0 Å². The highest BCUT2D eigenvalue weighted by molar-refractivity contribution is 6.09. The number of phenols is 5. The quantitative estimate of drug-likeness (QED) is 0.125. The number of benzene rings is 6. The summed E-state index contributed by atoms with van der Waals surface area (Å²) < 4.78 is 0. The topological polar surface area (TPSA) is 101 Å². The van der Waals surface area contributed by atoms with Crippen LogP contribution < -0.4 is 10.4 Å². The van der Waals surface area contributed by atoms with E-state index >= 15 is 0 Å². The van der Waals surface area contributed by atoms with Crippen molar-refractivity contribution in [2.45, 2.75) is 12.8 Å². The van der Waals surface area contributed by atoms with Gasteiger partial charge in [0, 0.05) is 5.56 Å². The second-order valence-corrected chi connectivity index (χ2v) is 10.4. The molecule has 0 spiro atoms. The molecule has 6 aromatic carbocycles. The molecule has 1 aliphatic rings. The summed E-state index contributed by atoms with van der Waals surface area (Å²) in [7, 11) is 0. The molecule has 1 aliphatic carbocycles. The van der Waals surface area contributed by atoms with Crippen molar-refractivity contribution < 1.29 is 25.5 Å². The van der Waals surface area contributed by atoms with Gasteiger partial charge in [-0.1, -0.05) is 91.0 Å². The molecule has 6 aromatic rings. The monoisotopic (exact) mass is 538 g/mol. The first-order chi connectivity index (χ1) is 19.9. The Morgan fingerprint density at radius 1 is 0.390 bits per heavy atom. The Bertz CT molecular complexity index is 2120. The van der Waals surface area contributed by atoms with Crippen LogP contribution in [0, 0.1) is 0 Å². The van der Waals surface area contributed by atoms with Crippen LogP contribution in [0.25, 0.3) is 67.1 Å². The fourth-order valence-corrected chi connectivity index (χ4v) is 6.07. The number of fused-ring (bicyclic) bond motifs is 3. The summed E-state index contributed by atoms with van der Waals surface area (Å²) in [4.78, 5) is 0. The zero-order valence-corrected chi connectivity index (χ0v) is 22.0. The van der Waals surface area contributed by atoms with Gasteiger partial charge < -0.3 is 25.5 Å². The lowest BCUT2D eigenvalue weighted by molar-refractivity contribution is 0.330. The Balaban J connectivity index is 1.52. The van der Waals surface area contributed by atoms with Crippen molar-refractivity contribution >= 4 is 33.7 Å². The second-order valence-electron chi connectivity index (χ2n) is 10.4. The number of phenolic OH excluding ortho intramolecular Hbond substituents is 5. The third kappa shape index (κ3) is 3.78. The molecule has 0 aliphatic heterocycles. The van der Waals surface area contributed by atoms with Gasteiger partial charge in [0.1, 0.15) is 0 Å². The van der Waals surface area contributed by atoms with E-state index in [4.69, 9.17) is 0 Å². The van der Waals surface area contributed by atoms with Crippen molar-refractivity contribution in [3.05, 3.63) is 101 Å². The fourth-order valence-electron chi connectivity index (χ4n) is 6.07. The molecule has 5 N–H and O–H groups in total. The number of hydrogen-bond acceptors (Lipinski definition) is 5. The Morgan fingerprint density at radius 3 is 1.51 bits per heavy atom. The molecule has 0 bridgehead atoms. The maximum Gasteiger partial charge on any atom is 0.208 e. The lowest BCUT2D eigenvalue weighted by Gasteiger charge is -2.20. The van der Waals surface area contributed by atoms with Crippen molar-refractivity contribution in [3.63, 3.8) is 0 Å². The molecular formula is C36H26O5. The molecule has 0 radical (unpaired) electrons. The van der Waals surface area contributed by atoms with Crippen molar-refractivity contribution in [1.29, 1.82) is 0 Å². The van der Waals surface area contributed by atoms with Crippen LogP contribution in [0.15, 0.2) is 91.0 Å². The highest BCUT2D eigenvalue weighted by Crippen LogP contribution is 2.55. The van der Waals surface area contributed by atoms with E-state index in [0.717, 1.165) is 67.1 Å². The predicted octanol–water partition coefficient (Wildman–Crippen LogP) is 6.88. The Labute approximate surface area is 235 Å².